The van der Waals surface area contributed by atoms with Gasteiger partial charge in [0.05, 0.1) is 9.82 Å². The van der Waals surface area contributed by atoms with Gasteiger partial charge in [0.15, 0.2) is 0 Å². The summed E-state index contributed by atoms with van der Waals surface area (Å²) in [4.78, 5) is 11.5. The molecule has 0 fully saturated rings. The van der Waals surface area contributed by atoms with Gasteiger partial charge >= 0.3 is 5.96 Å². The minimum atomic E-state index is -4.33. The fraction of sp³-hybridized carbons (Fsp3) is 0.133. The topological polar surface area (TPSA) is 181 Å². The Bertz CT molecular complexity index is 868. The first kappa shape index (κ1) is 24.1. The lowest BCUT2D eigenvalue weighted by atomic mass is 10.3. The molecule has 2 aromatic carbocycles. The number of nitro groups is 1. The number of nitrogens with zero attached hydrogens (tertiary/aromatic N) is 2. The molecule has 10 nitrogen and oxygen atoms in total. The largest absolute Gasteiger partial charge is 0.744 e. The average molecular weight is 418 g/mol. The van der Waals surface area contributed by atoms with Gasteiger partial charge in [-0.25, -0.2) is 8.42 Å². The molecule has 0 unspecified atom stereocenters. The van der Waals surface area contributed by atoms with Gasteiger partial charge in [-0.3, -0.25) is 27.0 Å². The van der Waals surface area contributed by atoms with Gasteiger partial charge in [-0.2, -0.15) is 0 Å². The van der Waals surface area contributed by atoms with Crippen molar-refractivity contribution >= 4 is 39.1 Å². The second-order valence-corrected chi connectivity index (χ2v) is 6.90. The number of benzene rings is 2. The van der Waals surface area contributed by atoms with Gasteiger partial charge < -0.3 is 9.45 Å². The number of nitro benzene ring substituents is 1. The van der Waals surface area contributed by atoms with Crippen LogP contribution in [0.1, 0.15) is 0 Å². The van der Waals surface area contributed by atoms with Crippen LogP contribution in [-0.4, -0.2) is 37.9 Å². The molecule has 0 bridgehead atoms. The Balaban J connectivity index is 0.000000421. The monoisotopic (exact) mass is 417 g/mol. The van der Waals surface area contributed by atoms with Crippen molar-refractivity contribution in [1.29, 1.82) is 0 Å². The lowest BCUT2D eigenvalue weighted by Crippen LogP contribution is -2.51. The van der Waals surface area contributed by atoms with E-state index in [1.54, 1.807) is 12.1 Å². The van der Waals surface area contributed by atoms with E-state index in [2.05, 4.69) is 16.9 Å². The van der Waals surface area contributed by atoms with Gasteiger partial charge in [-0.05, 0) is 30.3 Å². The summed E-state index contributed by atoms with van der Waals surface area (Å²) in [5, 5.41) is 15.3. The number of halogens is 1. The van der Waals surface area contributed by atoms with Crippen molar-refractivity contribution in [3.8, 4) is 0 Å². The number of anilines is 1. The first-order valence-corrected chi connectivity index (χ1v) is 8.89. The summed E-state index contributed by atoms with van der Waals surface area (Å²) in [6.07, 6.45) is 0. The quantitative estimate of drug-likeness (QED) is 0.204. The molecule has 0 heterocycles. The van der Waals surface area contributed by atoms with E-state index in [0.29, 0.717) is 5.02 Å². The second-order valence-electron chi connectivity index (χ2n) is 5.08. The van der Waals surface area contributed by atoms with Crippen LogP contribution in [-0.2, 0) is 10.1 Å². The molecular weight excluding hydrogens is 398 g/mol. The number of rotatable bonds is 3. The fourth-order valence-corrected chi connectivity index (χ4v) is 2.08. The molecule has 0 spiro atoms. The van der Waals surface area contributed by atoms with Crippen molar-refractivity contribution in [2.24, 2.45) is 11.5 Å². The number of non-ortho nitro benzene ring substituents is 1. The Hall–Kier alpha value is -2.89. The molecule has 0 saturated heterocycles. The summed E-state index contributed by atoms with van der Waals surface area (Å²) in [6.45, 7) is 0. The van der Waals surface area contributed by atoms with Crippen LogP contribution >= 0.6 is 11.6 Å². The zero-order valence-electron chi connectivity index (χ0n) is 14.6. The summed E-state index contributed by atoms with van der Waals surface area (Å²) in [6, 6.07) is 11.6. The third kappa shape index (κ3) is 10.6. The molecule has 2 aromatic rings. The molecule has 0 amide bonds. The van der Waals surface area contributed by atoms with Crippen molar-refractivity contribution in [1.82, 2.24) is 0 Å². The van der Waals surface area contributed by atoms with E-state index < -0.39 is 15.0 Å². The summed E-state index contributed by atoms with van der Waals surface area (Å²) in [7, 11) is -0.636. The minimum Gasteiger partial charge on any atom is -0.744 e. The maximum absolute atomic E-state index is 10.4. The van der Waals surface area contributed by atoms with Crippen molar-refractivity contribution < 1.29 is 23.3 Å². The third-order valence-electron chi connectivity index (χ3n) is 2.66. The predicted octanol–water partition coefficient (Wildman–Crippen LogP) is -0.0762. The maximum Gasteiger partial charge on any atom is 0.336 e. The van der Waals surface area contributed by atoms with E-state index in [4.69, 9.17) is 11.6 Å². The molecule has 27 heavy (non-hydrogen) atoms. The Labute approximate surface area is 161 Å². The predicted molar refractivity (Wildman–Crippen MR) is 102 cm³/mol. The van der Waals surface area contributed by atoms with E-state index in [0.717, 1.165) is 5.69 Å². The standard InChI is InChI=1S/C8H10N2O2.C6H5ClO3S.CH5N3/c1-9(2)7-4-3-5-8(6-7)10(11)12;7-5-1-3-6(4-2-5)11(8,9)10;2-1(3)4/h3-6H,1-2H3;1-4H,(H,8,9,10);(H5,2,3,4). The molecule has 12 heteroatoms. The lowest BCUT2D eigenvalue weighted by Gasteiger charge is -2.10. The highest BCUT2D eigenvalue weighted by atomic mass is 35.5. The fourth-order valence-electron chi connectivity index (χ4n) is 1.49. The molecule has 0 atom stereocenters. The van der Waals surface area contributed by atoms with E-state index in [1.165, 1.54) is 30.3 Å². The SMILES string of the molecule is CN(C)c1cccc([N+](=O)[O-])c1.NC(N)=[NH2+].O=S(=O)([O-])c1ccc(Cl)cc1. The highest BCUT2D eigenvalue weighted by Gasteiger charge is 2.05. The van der Waals surface area contributed by atoms with Gasteiger partial charge in [0.1, 0.15) is 10.1 Å². The van der Waals surface area contributed by atoms with E-state index in [9.17, 15) is 23.1 Å². The molecular formula is C15H20ClN5O5S. The molecule has 0 aromatic heterocycles. The Morgan fingerprint density at radius 1 is 1.15 bits per heavy atom. The minimum absolute atomic E-state index is 0.0833. The van der Waals surface area contributed by atoms with E-state index in [1.807, 2.05) is 25.1 Å². The summed E-state index contributed by atoms with van der Waals surface area (Å²) >= 11 is 5.46. The van der Waals surface area contributed by atoms with Crippen LogP contribution in [0.4, 0.5) is 11.4 Å². The zero-order valence-corrected chi connectivity index (χ0v) is 16.1. The van der Waals surface area contributed by atoms with Gasteiger partial charge in [0, 0.05) is 36.9 Å². The van der Waals surface area contributed by atoms with Crippen LogP contribution < -0.4 is 21.8 Å². The molecule has 0 radical (unpaired) electrons. The molecule has 0 aliphatic rings. The Morgan fingerprint density at radius 3 is 2.00 bits per heavy atom. The van der Waals surface area contributed by atoms with Crippen LogP contribution in [0.3, 0.4) is 0 Å². The van der Waals surface area contributed by atoms with Crippen LogP contribution in [0.5, 0.6) is 0 Å². The first-order valence-electron chi connectivity index (χ1n) is 7.11. The smallest absolute Gasteiger partial charge is 0.336 e. The summed E-state index contributed by atoms with van der Waals surface area (Å²) < 4.78 is 31.0. The number of hydrogen-bond acceptors (Lipinski definition) is 6. The van der Waals surface area contributed by atoms with Gasteiger partial charge in [-0.1, -0.05) is 17.7 Å². The van der Waals surface area contributed by atoms with Crippen molar-refractivity contribution in [3.05, 3.63) is 63.7 Å². The van der Waals surface area contributed by atoms with Crippen LogP contribution in [0, 0.1) is 10.1 Å². The van der Waals surface area contributed by atoms with Gasteiger partial charge in [0.2, 0.25) is 0 Å². The number of hydrogen-bond donors (Lipinski definition) is 3. The number of guanidine groups is 1. The Morgan fingerprint density at radius 2 is 1.63 bits per heavy atom. The normalized spacial score (nSPS) is 9.78. The zero-order chi connectivity index (χ0) is 21.2. The van der Waals surface area contributed by atoms with E-state index in [-0.39, 0.29) is 16.5 Å². The van der Waals surface area contributed by atoms with Crippen LogP contribution in [0.15, 0.2) is 53.4 Å². The van der Waals surface area contributed by atoms with Crippen LogP contribution in [0.25, 0.3) is 0 Å². The van der Waals surface area contributed by atoms with Crippen LogP contribution in [0.2, 0.25) is 5.02 Å². The molecule has 148 valence electrons. The maximum atomic E-state index is 10.4. The molecule has 0 aliphatic carbocycles. The van der Waals surface area contributed by atoms with Gasteiger partial charge in [0.25, 0.3) is 5.69 Å². The second kappa shape index (κ2) is 11.0. The first-order chi connectivity index (χ1) is 12.3. The highest BCUT2D eigenvalue weighted by molar-refractivity contribution is 7.85. The molecule has 6 N–H and O–H groups in total. The highest BCUT2D eigenvalue weighted by Crippen LogP contribution is 2.18. The third-order valence-corrected chi connectivity index (χ3v) is 3.76. The summed E-state index contributed by atoms with van der Waals surface area (Å²) in [5.41, 5.74) is 10.1. The van der Waals surface area contributed by atoms with E-state index >= 15 is 0 Å². The van der Waals surface area contributed by atoms with Crippen molar-refractivity contribution in [2.45, 2.75) is 4.90 Å². The molecule has 2 rings (SSSR count). The average Bonchev–Trinajstić information content (AvgIpc) is 2.54. The van der Waals surface area contributed by atoms with Gasteiger partial charge in [-0.15, -0.1) is 0 Å². The van der Waals surface area contributed by atoms with Crippen molar-refractivity contribution in [2.75, 3.05) is 19.0 Å². The molecule has 0 saturated carbocycles. The lowest BCUT2D eigenvalue weighted by molar-refractivity contribution is -0.384. The van der Waals surface area contributed by atoms with Crippen molar-refractivity contribution in [3.63, 3.8) is 0 Å². The Kier molecular flexibility index (Phi) is 9.78. The molecule has 0 aliphatic heterocycles. The number of nitrogens with two attached hydrogens (primary N) is 3. The summed E-state index contributed by atoms with van der Waals surface area (Å²) in [5.74, 6) is -0.0833.